The van der Waals surface area contributed by atoms with Gasteiger partial charge in [-0.3, -0.25) is 14.8 Å². The molecule has 0 unspecified atom stereocenters. The molecule has 1 aromatic heterocycles. The van der Waals surface area contributed by atoms with Gasteiger partial charge in [-0.15, -0.1) is 0 Å². The fourth-order valence-electron chi connectivity index (χ4n) is 2.49. The number of thiocarbonyl (C=S) groups is 1. The van der Waals surface area contributed by atoms with E-state index >= 15 is 0 Å². The predicted molar refractivity (Wildman–Crippen MR) is 123 cm³/mol. The molecular weight excluding hydrogens is 436 g/mol. The van der Waals surface area contributed by atoms with E-state index in [9.17, 15) is 13.2 Å². The van der Waals surface area contributed by atoms with Gasteiger partial charge in [-0.05, 0) is 62.0 Å². The van der Waals surface area contributed by atoms with E-state index in [4.69, 9.17) is 16.7 Å². The number of hydrogen-bond donors (Lipinski definition) is 3. The fourth-order valence-corrected chi connectivity index (χ4v) is 3.70. The van der Waals surface area contributed by atoms with Gasteiger partial charge in [0.2, 0.25) is 5.91 Å². The summed E-state index contributed by atoms with van der Waals surface area (Å²) in [5.41, 5.74) is 2.55. The molecule has 10 heteroatoms. The summed E-state index contributed by atoms with van der Waals surface area (Å²) in [4.78, 5) is 12.1. The number of sulfonamides is 1. The molecule has 3 aromatic rings. The Morgan fingerprint density at radius 2 is 1.74 bits per heavy atom. The predicted octanol–water partition coefficient (Wildman–Crippen LogP) is 3.62. The highest BCUT2D eigenvalue weighted by molar-refractivity contribution is 7.92. The van der Waals surface area contributed by atoms with Gasteiger partial charge < -0.3 is 9.84 Å². The molecule has 0 atom stereocenters. The van der Waals surface area contributed by atoms with Crippen LogP contribution in [0.25, 0.3) is 6.08 Å². The number of rotatable bonds is 6. The number of nitrogens with zero attached hydrogens (tertiary/aromatic N) is 1. The van der Waals surface area contributed by atoms with Crippen molar-refractivity contribution >= 4 is 50.8 Å². The third-order valence-electron chi connectivity index (χ3n) is 4.03. The van der Waals surface area contributed by atoms with Crippen molar-refractivity contribution in [1.82, 2.24) is 10.5 Å². The molecule has 31 heavy (non-hydrogen) atoms. The Kier molecular flexibility index (Phi) is 6.83. The molecule has 0 spiro atoms. The van der Waals surface area contributed by atoms with Gasteiger partial charge in [-0.25, -0.2) is 8.42 Å². The fraction of sp³-hybridized carbons (Fsp3) is 0.0952. The Labute approximate surface area is 185 Å². The molecule has 160 valence electrons. The smallest absolute Gasteiger partial charge is 0.263 e. The molecule has 2 aromatic carbocycles. The van der Waals surface area contributed by atoms with E-state index in [2.05, 4.69) is 20.5 Å². The van der Waals surface area contributed by atoms with Crippen molar-refractivity contribution in [3.05, 3.63) is 77.6 Å². The Hall–Kier alpha value is -3.50. The minimum Gasteiger partial charge on any atom is -0.360 e. The lowest BCUT2D eigenvalue weighted by Crippen LogP contribution is -2.32. The number of hydrogen-bond acceptors (Lipinski definition) is 6. The van der Waals surface area contributed by atoms with E-state index in [0.29, 0.717) is 11.4 Å². The van der Waals surface area contributed by atoms with Gasteiger partial charge in [0.1, 0.15) is 5.76 Å². The van der Waals surface area contributed by atoms with Gasteiger partial charge in [0.25, 0.3) is 10.0 Å². The molecule has 0 fully saturated rings. The van der Waals surface area contributed by atoms with E-state index in [1.165, 1.54) is 36.4 Å². The summed E-state index contributed by atoms with van der Waals surface area (Å²) in [5.74, 6) is 0.202. The van der Waals surface area contributed by atoms with E-state index in [1.54, 1.807) is 13.0 Å². The number of carbonyl (C=O) groups is 1. The molecule has 0 aliphatic carbocycles. The maximum absolute atomic E-state index is 12.4. The van der Waals surface area contributed by atoms with Crippen LogP contribution in [0.5, 0.6) is 0 Å². The molecule has 1 heterocycles. The van der Waals surface area contributed by atoms with Crippen molar-refractivity contribution in [1.29, 1.82) is 0 Å². The highest BCUT2D eigenvalue weighted by Gasteiger charge is 2.16. The lowest BCUT2D eigenvalue weighted by Gasteiger charge is -2.09. The van der Waals surface area contributed by atoms with Gasteiger partial charge in [0.05, 0.1) is 4.90 Å². The normalized spacial score (nSPS) is 11.3. The lowest BCUT2D eigenvalue weighted by molar-refractivity contribution is -0.115. The summed E-state index contributed by atoms with van der Waals surface area (Å²) in [6.07, 6.45) is 3.06. The Morgan fingerprint density at radius 3 is 2.35 bits per heavy atom. The van der Waals surface area contributed by atoms with Gasteiger partial charge in [-0.2, -0.15) is 0 Å². The molecule has 0 saturated heterocycles. The Morgan fingerprint density at radius 1 is 1.06 bits per heavy atom. The highest BCUT2D eigenvalue weighted by atomic mass is 32.2. The topological polar surface area (TPSA) is 113 Å². The van der Waals surface area contributed by atoms with Gasteiger partial charge in [0.15, 0.2) is 10.9 Å². The minimum absolute atomic E-state index is 0.0367. The maximum atomic E-state index is 12.4. The van der Waals surface area contributed by atoms with Crippen molar-refractivity contribution in [2.24, 2.45) is 0 Å². The van der Waals surface area contributed by atoms with Gasteiger partial charge in [0, 0.05) is 17.8 Å². The first kappa shape index (κ1) is 22.2. The molecule has 8 nitrogen and oxygen atoms in total. The Balaban J connectivity index is 1.55. The standard InChI is InChI=1S/C21H20N4O4S2/c1-14-3-5-16(6-4-14)7-12-20(26)23-21(30)22-17-8-10-18(11-9-17)31(27,28)25-19-13-15(2)29-24-19/h3-13H,1-2H3,(H,24,25)(H2,22,23,26,30)/b12-7+. The second-order valence-electron chi connectivity index (χ2n) is 6.64. The second-order valence-corrected chi connectivity index (χ2v) is 8.73. The SMILES string of the molecule is Cc1ccc(/C=C/C(=O)NC(=S)Nc2ccc(S(=O)(=O)Nc3cc(C)on3)cc2)cc1. The molecule has 0 saturated carbocycles. The van der Waals surface area contributed by atoms with Crippen LogP contribution in [0.4, 0.5) is 11.5 Å². The molecule has 0 aliphatic heterocycles. The maximum Gasteiger partial charge on any atom is 0.263 e. The zero-order valence-electron chi connectivity index (χ0n) is 16.7. The van der Waals surface area contributed by atoms with Crippen LogP contribution in [0.15, 0.2) is 70.1 Å². The minimum atomic E-state index is -3.81. The van der Waals surface area contributed by atoms with Crippen LogP contribution >= 0.6 is 12.2 Å². The van der Waals surface area contributed by atoms with Gasteiger partial charge in [-0.1, -0.05) is 35.0 Å². The van der Waals surface area contributed by atoms with Crippen molar-refractivity contribution in [2.75, 3.05) is 10.0 Å². The summed E-state index contributed by atoms with van der Waals surface area (Å²) in [6.45, 7) is 3.64. The van der Waals surface area contributed by atoms with Crippen LogP contribution in [0.1, 0.15) is 16.9 Å². The summed E-state index contributed by atoms with van der Waals surface area (Å²) in [7, 11) is -3.81. The van der Waals surface area contributed by atoms with Crippen molar-refractivity contribution in [3.63, 3.8) is 0 Å². The zero-order valence-corrected chi connectivity index (χ0v) is 18.4. The number of benzene rings is 2. The molecule has 0 aliphatic rings. The third-order valence-corrected chi connectivity index (χ3v) is 5.61. The Bertz CT molecular complexity index is 1220. The summed E-state index contributed by atoms with van der Waals surface area (Å²) in [5, 5.41) is 9.07. The van der Waals surface area contributed by atoms with Crippen molar-refractivity contribution < 1.29 is 17.7 Å². The number of carbonyl (C=O) groups excluding carboxylic acids is 1. The first-order chi connectivity index (χ1) is 14.7. The average molecular weight is 457 g/mol. The first-order valence-electron chi connectivity index (χ1n) is 9.14. The summed E-state index contributed by atoms with van der Waals surface area (Å²) in [6, 6.07) is 15.1. The van der Waals surface area contributed by atoms with Crippen LogP contribution in [0.3, 0.4) is 0 Å². The molecule has 3 rings (SSSR count). The van der Waals surface area contributed by atoms with Crippen LogP contribution in [-0.2, 0) is 14.8 Å². The number of amides is 1. The third kappa shape index (κ3) is 6.49. The number of aryl methyl sites for hydroxylation is 2. The van der Waals surface area contributed by atoms with Crippen molar-refractivity contribution in [3.8, 4) is 0 Å². The van der Waals surface area contributed by atoms with E-state index in [0.717, 1.165) is 11.1 Å². The van der Waals surface area contributed by atoms with Crippen molar-refractivity contribution in [2.45, 2.75) is 18.7 Å². The van der Waals surface area contributed by atoms with Crippen LogP contribution in [-0.4, -0.2) is 24.6 Å². The van der Waals surface area contributed by atoms with E-state index in [-0.39, 0.29) is 21.7 Å². The number of aromatic nitrogens is 1. The van der Waals surface area contributed by atoms with Gasteiger partial charge >= 0.3 is 0 Å². The van der Waals surface area contributed by atoms with Crippen LogP contribution in [0.2, 0.25) is 0 Å². The average Bonchev–Trinajstić information content (AvgIpc) is 3.11. The summed E-state index contributed by atoms with van der Waals surface area (Å²) >= 11 is 5.13. The monoisotopic (exact) mass is 456 g/mol. The second kappa shape index (κ2) is 9.54. The van der Waals surface area contributed by atoms with E-state index in [1.807, 2.05) is 31.2 Å². The number of anilines is 2. The highest BCUT2D eigenvalue weighted by Crippen LogP contribution is 2.18. The number of nitrogens with one attached hydrogen (secondary N) is 3. The largest absolute Gasteiger partial charge is 0.360 e. The zero-order chi connectivity index (χ0) is 22.4. The van der Waals surface area contributed by atoms with Crippen LogP contribution in [0, 0.1) is 13.8 Å². The molecule has 1 amide bonds. The molecule has 0 bridgehead atoms. The quantitative estimate of drug-likeness (QED) is 0.383. The molecule has 3 N–H and O–H groups in total. The summed E-state index contributed by atoms with van der Waals surface area (Å²) < 4.78 is 32.0. The molecular formula is C21H20N4O4S2. The lowest BCUT2D eigenvalue weighted by atomic mass is 10.1. The first-order valence-corrected chi connectivity index (χ1v) is 11.0. The van der Waals surface area contributed by atoms with E-state index < -0.39 is 10.0 Å². The molecule has 0 radical (unpaired) electrons. The van der Waals surface area contributed by atoms with Crippen LogP contribution < -0.4 is 15.4 Å².